The maximum absolute atomic E-state index is 5.35. The third-order valence-electron chi connectivity index (χ3n) is 2.71. The van der Waals surface area contributed by atoms with Crippen molar-refractivity contribution in [1.82, 2.24) is 9.55 Å². The third kappa shape index (κ3) is 4.50. The summed E-state index contributed by atoms with van der Waals surface area (Å²) in [5.74, 6) is 0.873. The topological polar surface area (TPSA) is 39.1 Å². The number of halogens is 1. The van der Waals surface area contributed by atoms with Gasteiger partial charge in [0.05, 0.1) is 0 Å². The molecule has 1 aromatic heterocycles. The highest BCUT2D eigenvalue weighted by atomic mass is 127. The van der Waals surface area contributed by atoms with Crippen molar-refractivity contribution < 1.29 is 4.74 Å². The van der Waals surface area contributed by atoms with Gasteiger partial charge in [0.25, 0.3) is 0 Å². The molecule has 1 heterocycles. The van der Waals surface area contributed by atoms with Crippen LogP contribution in [0.5, 0.6) is 0 Å². The van der Waals surface area contributed by atoms with Crippen LogP contribution in [0.15, 0.2) is 36.7 Å². The number of rotatable bonds is 7. The number of aromatic nitrogens is 2. The van der Waals surface area contributed by atoms with Crippen molar-refractivity contribution in [3.05, 3.63) is 40.2 Å². The molecule has 19 heavy (non-hydrogen) atoms. The lowest BCUT2D eigenvalue weighted by atomic mass is 10.3. The summed E-state index contributed by atoms with van der Waals surface area (Å²) in [7, 11) is 0. The Kier molecular flexibility index (Phi) is 5.65. The molecule has 0 atom stereocenters. The van der Waals surface area contributed by atoms with E-state index in [0.29, 0.717) is 0 Å². The SMILES string of the molecule is CCOCCCn1ccnc1Nc1ccc(I)cc1. The van der Waals surface area contributed by atoms with Crippen LogP contribution in [0.3, 0.4) is 0 Å². The van der Waals surface area contributed by atoms with E-state index in [1.807, 2.05) is 19.3 Å². The summed E-state index contributed by atoms with van der Waals surface area (Å²) in [6.45, 7) is 4.49. The average Bonchev–Trinajstić information content (AvgIpc) is 2.85. The second-order valence-electron chi connectivity index (χ2n) is 4.13. The predicted octanol–water partition coefficient (Wildman–Crippen LogP) is 3.66. The van der Waals surface area contributed by atoms with Gasteiger partial charge in [0.1, 0.15) is 0 Å². The number of nitrogens with zero attached hydrogens (tertiary/aromatic N) is 2. The van der Waals surface area contributed by atoms with Crippen LogP contribution in [0.25, 0.3) is 0 Å². The number of hydrogen-bond acceptors (Lipinski definition) is 3. The van der Waals surface area contributed by atoms with Crippen LogP contribution in [0.4, 0.5) is 11.6 Å². The Morgan fingerprint density at radius 3 is 2.84 bits per heavy atom. The van der Waals surface area contributed by atoms with E-state index in [1.54, 1.807) is 0 Å². The number of anilines is 2. The predicted molar refractivity (Wildman–Crippen MR) is 85.8 cm³/mol. The zero-order chi connectivity index (χ0) is 13.5. The Balaban J connectivity index is 1.93. The van der Waals surface area contributed by atoms with Gasteiger partial charge < -0.3 is 14.6 Å². The highest BCUT2D eigenvalue weighted by Gasteiger charge is 2.02. The van der Waals surface area contributed by atoms with Gasteiger partial charge in [-0.25, -0.2) is 4.98 Å². The molecule has 0 saturated heterocycles. The molecule has 1 N–H and O–H groups in total. The Hall–Kier alpha value is -1.08. The molecule has 0 amide bonds. The lowest BCUT2D eigenvalue weighted by Crippen LogP contribution is -2.05. The zero-order valence-corrected chi connectivity index (χ0v) is 13.1. The van der Waals surface area contributed by atoms with E-state index in [2.05, 4.69) is 61.7 Å². The van der Waals surface area contributed by atoms with E-state index in [9.17, 15) is 0 Å². The van der Waals surface area contributed by atoms with E-state index in [1.165, 1.54) is 3.57 Å². The van der Waals surface area contributed by atoms with Gasteiger partial charge in [0.15, 0.2) is 0 Å². The zero-order valence-electron chi connectivity index (χ0n) is 11.0. The van der Waals surface area contributed by atoms with Crippen molar-refractivity contribution in [2.45, 2.75) is 19.9 Å². The number of hydrogen-bond donors (Lipinski definition) is 1. The van der Waals surface area contributed by atoms with Crippen LogP contribution < -0.4 is 5.32 Å². The van der Waals surface area contributed by atoms with Crippen molar-refractivity contribution in [3.8, 4) is 0 Å². The number of benzene rings is 1. The van der Waals surface area contributed by atoms with E-state index >= 15 is 0 Å². The monoisotopic (exact) mass is 371 g/mol. The Bertz CT molecular complexity index is 496. The first-order valence-electron chi connectivity index (χ1n) is 6.41. The van der Waals surface area contributed by atoms with Crippen LogP contribution >= 0.6 is 22.6 Å². The van der Waals surface area contributed by atoms with Crippen LogP contribution in [0, 0.1) is 3.57 Å². The van der Waals surface area contributed by atoms with Crippen LogP contribution in [-0.4, -0.2) is 22.8 Å². The normalized spacial score (nSPS) is 10.6. The highest BCUT2D eigenvalue weighted by molar-refractivity contribution is 14.1. The first kappa shape index (κ1) is 14.3. The Morgan fingerprint density at radius 2 is 2.11 bits per heavy atom. The molecule has 0 fully saturated rings. The van der Waals surface area contributed by atoms with Crippen molar-refractivity contribution in [1.29, 1.82) is 0 Å². The quantitative estimate of drug-likeness (QED) is 0.597. The molecule has 2 rings (SSSR count). The van der Waals surface area contributed by atoms with Gasteiger partial charge >= 0.3 is 0 Å². The highest BCUT2D eigenvalue weighted by Crippen LogP contribution is 2.16. The van der Waals surface area contributed by atoms with Gasteiger partial charge in [0, 0.05) is 41.4 Å². The largest absolute Gasteiger partial charge is 0.382 e. The summed E-state index contributed by atoms with van der Waals surface area (Å²) >= 11 is 2.30. The molecule has 4 nitrogen and oxygen atoms in total. The van der Waals surface area contributed by atoms with E-state index < -0.39 is 0 Å². The summed E-state index contributed by atoms with van der Waals surface area (Å²) in [5.41, 5.74) is 1.05. The van der Waals surface area contributed by atoms with E-state index in [4.69, 9.17) is 4.74 Å². The molecule has 102 valence electrons. The first-order valence-corrected chi connectivity index (χ1v) is 7.49. The molecule has 5 heteroatoms. The first-order chi connectivity index (χ1) is 9.29. The number of ether oxygens (including phenoxy) is 1. The summed E-state index contributed by atoms with van der Waals surface area (Å²) in [6.07, 6.45) is 4.79. The lowest BCUT2D eigenvalue weighted by Gasteiger charge is -2.10. The molecular weight excluding hydrogens is 353 g/mol. The fraction of sp³-hybridized carbons (Fsp3) is 0.357. The maximum atomic E-state index is 5.35. The van der Waals surface area contributed by atoms with Gasteiger partial charge in [-0.05, 0) is 60.2 Å². The van der Waals surface area contributed by atoms with Crippen molar-refractivity contribution in [2.75, 3.05) is 18.5 Å². The van der Waals surface area contributed by atoms with Gasteiger partial charge in [-0.2, -0.15) is 0 Å². The van der Waals surface area contributed by atoms with Crippen molar-refractivity contribution in [2.24, 2.45) is 0 Å². The van der Waals surface area contributed by atoms with Gasteiger partial charge in [0.2, 0.25) is 5.95 Å². The second kappa shape index (κ2) is 7.49. The summed E-state index contributed by atoms with van der Waals surface area (Å²) in [6, 6.07) is 8.26. The van der Waals surface area contributed by atoms with Gasteiger partial charge in [-0.15, -0.1) is 0 Å². The van der Waals surface area contributed by atoms with E-state index in [-0.39, 0.29) is 0 Å². The number of aryl methyl sites for hydroxylation is 1. The Morgan fingerprint density at radius 1 is 1.32 bits per heavy atom. The standard InChI is InChI=1S/C14H18IN3O/c1-2-19-11-3-9-18-10-8-16-14(18)17-13-6-4-12(15)5-7-13/h4-8,10H,2-3,9,11H2,1H3,(H,16,17). The molecule has 1 aromatic carbocycles. The fourth-order valence-corrected chi connectivity index (χ4v) is 2.12. The van der Waals surface area contributed by atoms with Gasteiger partial charge in [-0.1, -0.05) is 0 Å². The van der Waals surface area contributed by atoms with Gasteiger partial charge in [-0.3, -0.25) is 0 Å². The molecule has 2 aromatic rings. The minimum atomic E-state index is 0.775. The summed E-state index contributed by atoms with van der Waals surface area (Å²) in [5, 5.41) is 3.33. The molecule has 0 unspecified atom stereocenters. The second-order valence-corrected chi connectivity index (χ2v) is 5.37. The van der Waals surface area contributed by atoms with Crippen molar-refractivity contribution >= 4 is 34.2 Å². The molecule has 0 aliphatic carbocycles. The molecule has 0 aliphatic heterocycles. The fourth-order valence-electron chi connectivity index (χ4n) is 1.76. The molecular formula is C14H18IN3O. The molecule has 0 aliphatic rings. The van der Waals surface area contributed by atoms with Crippen molar-refractivity contribution in [3.63, 3.8) is 0 Å². The number of imidazole rings is 1. The minimum absolute atomic E-state index is 0.775. The average molecular weight is 371 g/mol. The minimum Gasteiger partial charge on any atom is -0.382 e. The molecule has 0 saturated carbocycles. The van der Waals surface area contributed by atoms with Crippen LogP contribution in [0.2, 0.25) is 0 Å². The van der Waals surface area contributed by atoms with Crippen LogP contribution in [-0.2, 0) is 11.3 Å². The Labute approximate surface area is 127 Å². The summed E-state index contributed by atoms with van der Waals surface area (Å²) in [4.78, 5) is 4.34. The van der Waals surface area contributed by atoms with Crippen LogP contribution in [0.1, 0.15) is 13.3 Å². The smallest absolute Gasteiger partial charge is 0.207 e. The molecule has 0 radical (unpaired) electrons. The molecule has 0 spiro atoms. The third-order valence-corrected chi connectivity index (χ3v) is 3.43. The lowest BCUT2D eigenvalue weighted by molar-refractivity contribution is 0.142. The molecule has 0 bridgehead atoms. The maximum Gasteiger partial charge on any atom is 0.207 e. The number of nitrogens with one attached hydrogen (secondary N) is 1. The van der Waals surface area contributed by atoms with E-state index in [0.717, 1.165) is 37.8 Å². The summed E-state index contributed by atoms with van der Waals surface area (Å²) < 4.78 is 8.68.